The van der Waals surface area contributed by atoms with Gasteiger partial charge in [-0.3, -0.25) is 4.79 Å². The Balaban J connectivity index is 1.65. The van der Waals surface area contributed by atoms with Gasteiger partial charge in [-0.05, 0) is 48.4 Å². The number of aromatic nitrogens is 2. The number of halogens is 1. The molecule has 1 aromatic heterocycles. The van der Waals surface area contributed by atoms with Gasteiger partial charge in [0.1, 0.15) is 5.75 Å². The Morgan fingerprint density at radius 1 is 1.11 bits per heavy atom. The number of benzene rings is 2. The summed E-state index contributed by atoms with van der Waals surface area (Å²) in [5, 5.41) is 14.6. The molecule has 3 aromatic rings. The molecule has 0 saturated carbocycles. The lowest BCUT2D eigenvalue weighted by Gasteiger charge is -2.11. The van der Waals surface area contributed by atoms with E-state index >= 15 is 0 Å². The third-order valence-electron chi connectivity index (χ3n) is 3.91. The standard InChI is InChI=1S/C20H19ClN4O2/c1-13-7-9-18(27-2)17(11-13)23-19-10-8-16(24-25-19)20(26)22-12-14-5-3-4-6-15(14)21/h3-11H,12H2,1-2H3,(H,22,26)(H,23,25). The highest BCUT2D eigenvalue weighted by Crippen LogP contribution is 2.27. The fourth-order valence-electron chi connectivity index (χ4n) is 2.49. The van der Waals surface area contributed by atoms with Crippen LogP contribution in [-0.4, -0.2) is 23.2 Å². The molecule has 0 radical (unpaired) electrons. The van der Waals surface area contributed by atoms with Crippen LogP contribution in [0.15, 0.2) is 54.6 Å². The van der Waals surface area contributed by atoms with Crippen LogP contribution in [0.3, 0.4) is 0 Å². The van der Waals surface area contributed by atoms with E-state index in [9.17, 15) is 4.79 Å². The van der Waals surface area contributed by atoms with Crippen LogP contribution in [0.2, 0.25) is 5.02 Å². The van der Waals surface area contributed by atoms with Crippen LogP contribution < -0.4 is 15.4 Å². The highest BCUT2D eigenvalue weighted by atomic mass is 35.5. The number of nitrogens with one attached hydrogen (secondary N) is 2. The lowest BCUT2D eigenvalue weighted by atomic mass is 10.2. The molecule has 0 atom stereocenters. The van der Waals surface area contributed by atoms with Gasteiger partial charge in [0.15, 0.2) is 11.5 Å². The van der Waals surface area contributed by atoms with Crippen LogP contribution in [0, 0.1) is 6.92 Å². The maximum Gasteiger partial charge on any atom is 0.272 e. The molecule has 1 heterocycles. The van der Waals surface area contributed by atoms with Crippen molar-refractivity contribution < 1.29 is 9.53 Å². The molecule has 0 fully saturated rings. The Labute approximate surface area is 162 Å². The number of hydrogen-bond donors (Lipinski definition) is 2. The third-order valence-corrected chi connectivity index (χ3v) is 4.28. The van der Waals surface area contributed by atoms with Crippen molar-refractivity contribution in [3.05, 3.63) is 76.4 Å². The zero-order valence-electron chi connectivity index (χ0n) is 15.0. The molecule has 0 aliphatic heterocycles. The quantitative estimate of drug-likeness (QED) is 0.670. The van der Waals surface area contributed by atoms with Crippen molar-refractivity contribution in [1.82, 2.24) is 15.5 Å². The lowest BCUT2D eigenvalue weighted by molar-refractivity contribution is 0.0945. The highest BCUT2D eigenvalue weighted by Gasteiger charge is 2.10. The second-order valence-electron chi connectivity index (χ2n) is 5.91. The van der Waals surface area contributed by atoms with Crippen molar-refractivity contribution in [2.24, 2.45) is 0 Å². The Bertz CT molecular complexity index is 945. The van der Waals surface area contributed by atoms with Gasteiger partial charge >= 0.3 is 0 Å². The van der Waals surface area contributed by atoms with Gasteiger partial charge in [0.05, 0.1) is 12.8 Å². The lowest BCUT2D eigenvalue weighted by Crippen LogP contribution is -2.24. The smallest absolute Gasteiger partial charge is 0.272 e. The fraction of sp³-hybridized carbons (Fsp3) is 0.150. The van der Waals surface area contributed by atoms with Gasteiger partial charge in [0.2, 0.25) is 0 Å². The first-order valence-corrected chi connectivity index (χ1v) is 8.71. The number of ether oxygens (including phenoxy) is 1. The monoisotopic (exact) mass is 382 g/mol. The Morgan fingerprint density at radius 2 is 1.93 bits per heavy atom. The summed E-state index contributed by atoms with van der Waals surface area (Å²) in [6, 6.07) is 16.4. The Morgan fingerprint density at radius 3 is 2.63 bits per heavy atom. The topological polar surface area (TPSA) is 76.1 Å². The maximum absolute atomic E-state index is 12.2. The SMILES string of the molecule is COc1ccc(C)cc1Nc1ccc(C(=O)NCc2ccccc2Cl)nn1. The molecule has 6 nitrogen and oxygen atoms in total. The summed E-state index contributed by atoms with van der Waals surface area (Å²) in [6.07, 6.45) is 0. The number of aryl methyl sites for hydroxylation is 1. The summed E-state index contributed by atoms with van der Waals surface area (Å²) >= 11 is 6.09. The van der Waals surface area contributed by atoms with E-state index in [2.05, 4.69) is 20.8 Å². The number of amides is 1. The van der Waals surface area contributed by atoms with Gasteiger partial charge < -0.3 is 15.4 Å². The number of carbonyl (C=O) groups is 1. The average molecular weight is 383 g/mol. The second kappa shape index (κ2) is 8.51. The number of hydrogen-bond acceptors (Lipinski definition) is 5. The van der Waals surface area contributed by atoms with Crippen molar-refractivity contribution >= 4 is 29.0 Å². The second-order valence-corrected chi connectivity index (χ2v) is 6.31. The van der Waals surface area contributed by atoms with Gasteiger partial charge in [-0.15, -0.1) is 10.2 Å². The number of anilines is 2. The number of nitrogens with zero attached hydrogens (tertiary/aromatic N) is 2. The molecule has 138 valence electrons. The van der Waals surface area contributed by atoms with Gasteiger partial charge in [-0.1, -0.05) is 35.9 Å². The first-order chi connectivity index (χ1) is 13.1. The molecule has 0 unspecified atom stereocenters. The van der Waals surface area contributed by atoms with E-state index in [1.54, 1.807) is 25.3 Å². The molecule has 0 aliphatic carbocycles. The third kappa shape index (κ3) is 4.74. The van der Waals surface area contributed by atoms with Gasteiger partial charge in [0.25, 0.3) is 5.91 Å². The summed E-state index contributed by atoms with van der Waals surface area (Å²) < 4.78 is 5.33. The molecule has 0 bridgehead atoms. The molecule has 2 aromatic carbocycles. The van der Waals surface area contributed by atoms with Gasteiger partial charge in [0, 0.05) is 11.6 Å². The van der Waals surface area contributed by atoms with Crippen LogP contribution >= 0.6 is 11.6 Å². The Kier molecular flexibility index (Phi) is 5.88. The summed E-state index contributed by atoms with van der Waals surface area (Å²) in [5.74, 6) is 0.896. The number of rotatable bonds is 6. The van der Waals surface area contributed by atoms with Crippen LogP contribution in [0.25, 0.3) is 0 Å². The molecule has 0 saturated heterocycles. The summed E-state index contributed by atoms with van der Waals surface area (Å²) in [7, 11) is 1.61. The van der Waals surface area contributed by atoms with E-state index < -0.39 is 0 Å². The van der Waals surface area contributed by atoms with Crippen molar-refractivity contribution in [2.45, 2.75) is 13.5 Å². The molecule has 0 aliphatic rings. The average Bonchev–Trinajstić information content (AvgIpc) is 2.68. The molecular weight excluding hydrogens is 364 g/mol. The minimum absolute atomic E-state index is 0.226. The number of methoxy groups -OCH3 is 1. The van der Waals surface area contributed by atoms with Crippen molar-refractivity contribution in [3.8, 4) is 5.75 Å². The maximum atomic E-state index is 12.2. The van der Waals surface area contributed by atoms with Crippen molar-refractivity contribution in [3.63, 3.8) is 0 Å². The molecule has 0 spiro atoms. The molecule has 7 heteroatoms. The molecule has 3 rings (SSSR count). The molecule has 1 amide bonds. The zero-order valence-corrected chi connectivity index (χ0v) is 15.7. The van der Waals surface area contributed by atoms with E-state index in [1.165, 1.54) is 0 Å². The van der Waals surface area contributed by atoms with E-state index in [0.29, 0.717) is 23.1 Å². The zero-order chi connectivity index (χ0) is 19.2. The summed E-state index contributed by atoms with van der Waals surface area (Å²) in [4.78, 5) is 12.2. The minimum atomic E-state index is -0.317. The van der Waals surface area contributed by atoms with Crippen molar-refractivity contribution in [1.29, 1.82) is 0 Å². The predicted octanol–water partition coefficient (Wildman–Crippen LogP) is 4.12. The van der Waals surface area contributed by atoms with Gasteiger partial charge in [-0.2, -0.15) is 0 Å². The number of carbonyl (C=O) groups excluding carboxylic acids is 1. The highest BCUT2D eigenvalue weighted by molar-refractivity contribution is 6.31. The van der Waals surface area contributed by atoms with Crippen LogP contribution in [0.1, 0.15) is 21.6 Å². The van der Waals surface area contributed by atoms with Crippen LogP contribution in [0.5, 0.6) is 5.75 Å². The molecule has 2 N–H and O–H groups in total. The first-order valence-electron chi connectivity index (χ1n) is 8.34. The van der Waals surface area contributed by atoms with E-state index in [-0.39, 0.29) is 11.6 Å². The summed E-state index contributed by atoms with van der Waals surface area (Å²) in [5.41, 5.74) is 2.93. The summed E-state index contributed by atoms with van der Waals surface area (Å²) in [6.45, 7) is 2.31. The van der Waals surface area contributed by atoms with Crippen LogP contribution in [0.4, 0.5) is 11.5 Å². The molecule has 27 heavy (non-hydrogen) atoms. The van der Waals surface area contributed by atoms with E-state index in [0.717, 1.165) is 16.8 Å². The van der Waals surface area contributed by atoms with Gasteiger partial charge in [-0.25, -0.2) is 0 Å². The first kappa shape index (κ1) is 18.7. The van der Waals surface area contributed by atoms with E-state index in [1.807, 2.05) is 43.3 Å². The molecular formula is C20H19ClN4O2. The van der Waals surface area contributed by atoms with Crippen molar-refractivity contribution in [2.75, 3.05) is 12.4 Å². The largest absolute Gasteiger partial charge is 0.495 e. The fourth-order valence-corrected chi connectivity index (χ4v) is 2.69. The van der Waals surface area contributed by atoms with Crippen LogP contribution in [-0.2, 0) is 6.54 Å². The normalized spacial score (nSPS) is 10.3. The predicted molar refractivity (Wildman–Crippen MR) is 106 cm³/mol. The Hall–Kier alpha value is -3.12. The minimum Gasteiger partial charge on any atom is -0.495 e. The van der Waals surface area contributed by atoms with E-state index in [4.69, 9.17) is 16.3 Å².